The molecule has 1 unspecified atom stereocenters. The smallest absolute Gasteiger partial charge is 0.248 e. The van der Waals surface area contributed by atoms with Crippen LogP contribution in [0, 0.1) is 0 Å². The van der Waals surface area contributed by atoms with E-state index in [4.69, 9.17) is 16.6 Å². The molecule has 1 atom stereocenters. The van der Waals surface area contributed by atoms with Gasteiger partial charge in [-0.3, -0.25) is 14.4 Å². The number of hydrogen-bond donors (Lipinski definition) is 5. The Morgan fingerprint density at radius 3 is 2.27 bits per heavy atom. The second-order valence-corrected chi connectivity index (χ2v) is 2.70. The molecule has 0 saturated carbocycles. The summed E-state index contributed by atoms with van der Waals surface area (Å²) in [6, 6.07) is 0. The molecule has 8 nitrogen and oxygen atoms in total. The summed E-state index contributed by atoms with van der Waals surface area (Å²) in [5.41, 5.74) is 9.71. The average Bonchev–Trinajstić information content (AvgIpc) is 2.21. The molecule has 0 rings (SSSR count). The lowest BCUT2D eigenvalue weighted by Crippen LogP contribution is -2.44. The normalized spacial score (nSPS) is 11.6. The van der Waals surface area contributed by atoms with E-state index in [2.05, 4.69) is 10.6 Å². The van der Waals surface area contributed by atoms with Crippen molar-refractivity contribution in [1.82, 2.24) is 10.6 Å². The molecule has 0 radical (unpaired) electrons. The van der Waals surface area contributed by atoms with Gasteiger partial charge in [-0.05, 0) is 0 Å². The first-order valence-corrected chi connectivity index (χ1v) is 4.18. The Morgan fingerprint density at radius 1 is 1.20 bits per heavy atom. The predicted octanol–water partition coefficient (Wildman–Crippen LogP) is -3.98. The second kappa shape index (κ2) is 6.74. The van der Waals surface area contributed by atoms with E-state index < -0.39 is 23.8 Å². The minimum absolute atomic E-state index is 0.211. The lowest BCUT2D eigenvalue weighted by atomic mass is 10.3. The van der Waals surface area contributed by atoms with Crippen molar-refractivity contribution in [3.05, 3.63) is 0 Å². The maximum atomic E-state index is 11.0. The van der Waals surface area contributed by atoms with Gasteiger partial charge in [0.05, 0.1) is 19.6 Å². The highest BCUT2D eigenvalue weighted by Crippen LogP contribution is 1.77. The predicted molar refractivity (Wildman–Crippen MR) is 50.3 cm³/mol. The largest absolute Gasteiger partial charge is 0.381 e. The molecule has 3 amide bonds. The minimum Gasteiger partial charge on any atom is -0.381 e. The number of amides is 3. The van der Waals surface area contributed by atoms with Crippen molar-refractivity contribution in [1.29, 1.82) is 0 Å². The van der Waals surface area contributed by atoms with Crippen LogP contribution in [0.1, 0.15) is 0 Å². The van der Waals surface area contributed by atoms with Gasteiger partial charge in [-0.2, -0.15) is 0 Å². The zero-order valence-corrected chi connectivity index (χ0v) is 8.03. The van der Waals surface area contributed by atoms with E-state index in [0.717, 1.165) is 0 Å². The first kappa shape index (κ1) is 13.3. The molecule has 0 aliphatic rings. The van der Waals surface area contributed by atoms with Gasteiger partial charge >= 0.3 is 0 Å². The van der Waals surface area contributed by atoms with Crippen LogP contribution in [-0.2, 0) is 14.4 Å². The third-order valence-electron chi connectivity index (χ3n) is 1.45. The third-order valence-corrected chi connectivity index (χ3v) is 1.45. The van der Waals surface area contributed by atoms with Crippen molar-refractivity contribution < 1.29 is 19.5 Å². The fourth-order valence-electron chi connectivity index (χ4n) is 0.625. The van der Waals surface area contributed by atoms with E-state index in [-0.39, 0.29) is 19.6 Å². The maximum Gasteiger partial charge on any atom is 0.248 e. The van der Waals surface area contributed by atoms with Gasteiger partial charge < -0.3 is 27.2 Å². The van der Waals surface area contributed by atoms with Gasteiger partial charge in [-0.25, -0.2) is 0 Å². The standard InChI is InChI=1S/C7H14N4O4/c8-1-5(13)11-3-6(14)10-2-4(12)7(9)15/h4,12H,1-3,8H2,(H2,9,15)(H,10,14)(H,11,13). The molecule has 0 spiro atoms. The van der Waals surface area contributed by atoms with E-state index in [9.17, 15) is 14.4 Å². The van der Waals surface area contributed by atoms with Crippen LogP contribution < -0.4 is 22.1 Å². The Bertz CT molecular complexity index is 255. The molecule has 15 heavy (non-hydrogen) atoms. The first-order valence-electron chi connectivity index (χ1n) is 4.18. The molecule has 0 aromatic rings. The summed E-state index contributed by atoms with van der Waals surface area (Å²) < 4.78 is 0. The number of aliphatic hydroxyl groups is 1. The Hall–Kier alpha value is -1.67. The van der Waals surface area contributed by atoms with E-state index in [1.54, 1.807) is 0 Å². The van der Waals surface area contributed by atoms with Crippen LogP contribution in [0.25, 0.3) is 0 Å². The van der Waals surface area contributed by atoms with E-state index in [0.29, 0.717) is 0 Å². The molecule has 0 heterocycles. The van der Waals surface area contributed by atoms with Crippen LogP contribution >= 0.6 is 0 Å². The number of carbonyl (C=O) groups is 3. The number of nitrogens with two attached hydrogens (primary N) is 2. The molecule has 0 saturated heterocycles. The van der Waals surface area contributed by atoms with Gasteiger partial charge in [0, 0.05) is 0 Å². The second-order valence-electron chi connectivity index (χ2n) is 2.70. The molecule has 0 aliphatic heterocycles. The summed E-state index contributed by atoms with van der Waals surface area (Å²) >= 11 is 0. The van der Waals surface area contributed by atoms with Crippen LogP contribution in [0.4, 0.5) is 0 Å². The Morgan fingerprint density at radius 2 is 1.80 bits per heavy atom. The van der Waals surface area contributed by atoms with E-state index in [1.165, 1.54) is 0 Å². The van der Waals surface area contributed by atoms with Crippen molar-refractivity contribution in [2.24, 2.45) is 11.5 Å². The van der Waals surface area contributed by atoms with E-state index in [1.807, 2.05) is 0 Å². The monoisotopic (exact) mass is 218 g/mol. The molecule has 86 valence electrons. The minimum atomic E-state index is -1.43. The zero-order chi connectivity index (χ0) is 11.8. The molecular formula is C7H14N4O4. The molecule has 0 bridgehead atoms. The summed E-state index contributed by atoms with van der Waals surface area (Å²) in [6.07, 6.45) is -1.43. The fraction of sp³-hybridized carbons (Fsp3) is 0.571. The SMILES string of the molecule is NCC(=O)NCC(=O)NCC(O)C(N)=O. The van der Waals surface area contributed by atoms with Gasteiger partial charge in [0.25, 0.3) is 0 Å². The topological polar surface area (TPSA) is 148 Å². The molecule has 0 fully saturated rings. The maximum absolute atomic E-state index is 11.0. The highest BCUT2D eigenvalue weighted by molar-refractivity contribution is 5.86. The molecule has 8 heteroatoms. The molecule has 0 aromatic heterocycles. The van der Waals surface area contributed by atoms with Crippen LogP contribution in [0.5, 0.6) is 0 Å². The van der Waals surface area contributed by atoms with Gasteiger partial charge in [0.15, 0.2) is 0 Å². The lowest BCUT2D eigenvalue weighted by molar-refractivity contribution is -0.128. The first-order chi connectivity index (χ1) is 6.97. The number of hydrogen-bond acceptors (Lipinski definition) is 5. The summed E-state index contributed by atoms with van der Waals surface area (Å²) in [5.74, 6) is -1.95. The number of rotatable bonds is 6. The quantitative estimate of drug-likeness (QED) is 0.308. The number of primary amides is 1. The van der Waals surface area contributed by atoms with Crippen molar-refractivity contribution in [3.8, 4) is 0 Å². The molecule has 7 N–H and O–H groups in total. The van der Waals surface area contributed by atoms with Gasteiger partial charge in [0.1, 0.15) is 6.10 Å². The Kier molecular flexibility index (Phi) is 5.99. The van der Waals surface area contributed by atoms with Crippen molar-refractivity contribution in [2.45, 2.75) is 6.10 Å². The van der Waals surface area contributed by atoms with Crippen molar-refractivity contribution in [2.75, 3.05) is 19.6 Å². The summed E-state index contributed by atoms with van der Waals surface area (Å²) in [6.45, 7) is -0.759. The Labute approximate surface area is 86.0 Å². The van der Waals surface area contributed by atoms with Gasteiger partial charge in [-0.15, -0.1) is 0 Å². The van der Waals surface area contributed by atoms with Crippen molar-refractivity contribution in [3.63, 3.8) is 0 Å². The van der Waals surface area contributed by atoms with Crippen LogP contribution in [0.3, 0.4) is 0 Å². The number of carbonyl (C=O) groups excluding carboxylic acids is 3. The van der Waals surface area contributed by atoms with Crippen LogP contribution in [0.15, 0.2) is 0 Å². The third kappa shape index (κ3) is 6.41. The highest BCUT2D eigenvalue weighted by Gasteiger charge is 2.12. The molecule has 0 aromatic carbocycles. The number of aliphatic hydroxyl groups excluding tert-OH is 1. The van der Waals surface area contributed by atoms with Gasteiger partial charge in [0.2, 0.25) is 17.7 Å². The summed E-state index contributed by atoms with van der Waals surface area (Å²) in [7, 11) is 0. The summed E-state index contributed by atoms with van der Waals surface area (Å²) in [5, 5.41) is 13.3. The Balaban J connectivity index is 3.66. The van der Waals surface area contributed by atoms with Gasteiger partial charge in [-0.1, -0.05) is 0 Å². The molecule has 0 aliphatic carbocycles. The lowest BCUT2D eigenvalue weighted by Gasteiger charge is -2.08. The van der Waals surface area contributed by atoms with Crippen molar-refractivity contribution >= 4 is 17.7 Å². The fourth-order valence-corrected chi connectivity index (χ4v) is 0.625. The van der Waals surface area contributed by atoms with E-state index >= 15 is 0 Å². The number of nitrogens with one attached hydrogen (secondary N) is 2. The molecular weight excluding hydrogens is 204 g/mol. The van der Waals surface area contributed by atoms with Crippen LogP contribution in [0.2, 0.25) is 0 Å². The average molecular weight is 218 g/mol. The summed E-state index contributed by atoms with van der Waals surface area (Å²) in [4.78, 5) is 31.9. The zero-order valence-electron chi connectivity index (χ0n) is 8.03. The highest BCUT2D eigenvalue weighted by atomic mass is 16.3. The van der Waals surface area contributed by atoms with Crippen LogP contribution in [-0.4, -0.2) is 48.6 Å².